The fourth-order valence-electron chi connectivity index (χ4n) is 3.32. The van der Waals surface area contributed by atoms with Crippen LogP contribution in [-0.2, 0) is 22.4 Å². The van der Waals surface area contributed by atoms with Crippen LogP contribution in [0.15, 0.2) is 5.16 Å². The molecule has 2 aromatic rings. The minimum Gasteiger partial charge on any atom is -0.465 e. The number of thiophene rings is 1. The molecule has 7 heteroatoms. The number of nitrogen functional groups attached to an aromatic ring is 1. The molecule has 0 fully saturated rings. The molecule has 1 aliphatic rings. The number of fused-ring (bicyclic) bond motifs is 3. The van der Waals surface area contributed by atoms with Crippen molar-refractivity contribution in [3.8, 4) is 0 Å². The highest BCUT2D eigenvalue weighted by Gasteiger charge is 2.31. The van der Waals surface area contributed by atoms with Crippen molar-refractivity contribution < 1.29 is 9.53 Å². The van der Waals surface area contributed by atoms with E-state index in [1.165, 1.54) is 28.6 Å². The molecule has 2 heterocycles. The van der Waals surface area contributed by atoms with Crippen LogP contribution in [0.3, 0.4) is 0 Å². The normalized spacial score (nSPS) is 17.5. The van der Waals surface area contributed by atoms with Gasteiger partial charge in [-0.25, -0.2) is 9.97 Å². The summed E-state index contributed by atoms with van der Waals surface area (Å²) in [7, 11) is 0. The molecule has 5 nitrogen and oxygen atoms in total. The maximum absolute atomic E-state index is 11.5. The van der Waals surface area contributed by atoms with E-state index in [9.17, 15) is 4.79 Å². The topological polar surface area (TPSA) is 78.1 Å². The van der Waals surface area contributed by atoms with E-state index >= 15 is 0 Å². The summed E-state index contributed by atoms with van der Waals surface area (Å²) in [6.45, 7) is 9.12. The predicted molar refractivity (Wildman–Crippen MR) is 104 cm³/mol. The van der Waals surface area contributed by atoms with Crippen LogP contribution in [0.5, 0.6) is 0 Å². The van der Waals surface area contributed by atoms with Crippen LogP contribution in [0.1, 0.15) is 44.6 Å². The number of anilines is 1. The summed E-state index contributed by atoms with van der Waals surface area (Å²) in [5, 5.41) is 1.57. The van der Waals surface area contributed by atoms with Crippen molar-refractivity contribution >= 4 is 45.1 Å². The van der Waals surface area contributed by atoms with E-state index in [0.29, 0.717) is 28.9 Å². The first-order valence-electron chi connectivity index (χ1n) is 8.65. The Morgan fingerprint density at radius 1 is 1.40 bits per heavy atom. The highest BCUT2D eigenvalue weighted by Crippen LogP contribution is 2.44. The first-order chi connectivity index (χ1) is 11.8. The SMILES string of the molecule is CCOC(=O)CSc1nc(N)c2c3c(sc2n1)C[C@@H](C(C)(C)C)CC3. The van der Waals surface area contributed by atoms with Gasteiger partial charge in [0.2, 0.25) is 0 Å². The molecule has 0 bridgehead atoms. The van der Waals surface area contributed by atoms with E-state index in [1.807, 2.05) is 0 Å². The zero-order chi connectivity index (χ0) is 18.2. The molecule has 2 N–H and O–H groups in total. The smallest absolute Gasteiger partial charge is 0.316 e. The molecule has 0 aliphatic heterocycles. The van der Waals surface area contributed by atoms with E-state index in [0.717, 1.165) is 23.1 Å². The van der Waals surface area contributed by atoms with Crippen LogP contribution >= 0.6 is 23.1 Å². The van der Waals surface area contributed by atoms with Crippen molar-refractivity contribution in [3.05, 3.63) is 10.4 Å². The Labute approximate surface area is 156 Å². The minimum absolute atomic E-state index is 0.204. The minimum atomic E-state index is -0.256. The molecule has 2 aromatic heterocycles. The zero-order valence-electron chi connectivity index (χ0n) is 15.2. The molecule has 1 atom stereocenters. The van der Waals surface area contributed by atoms with E-state index < -0.39 is 0 Å². The summed E-state index contributed by atoms with van der Waals surface area (Å²) in [5.74, 6) is 1.16. The van der Waals surface area contributed by atoms with Gasteiger partial charge in [0, 0.05) is 4.88 Å². The second-order valence-electron chi connectivity index (χ2n) is 7.47. The lowest BCUT2D eigenvalue weighted by molar-refractivity contribution is -0.139. The van der Waals surface area contributed by atoms with Gasteiger partial charge in [-0.2, -0.15) is 0 Å². The second-order valence-corrected chi connectivity index (χ2v) is 9.50. The van der Waals surface area contributed by atoms with Crippen molar-refractivity contribution in [1.82, 2.24) is 9.97 Å². The Bertz CT molecular complexity index is 796. The molecular formula is C18H25N3O2S2. The number of aryl methyl sites for hydroxylation is 1. The molecule has 0 unspecified atom stereocenters. The number of rotatable bonds is 4. The maximum Gasteiger partial charge on any atom is 0.316 e. The Morgan fingerprint density at radius 2 is 2.16 bits per heavy atom. The largest absolute Gasteiger partial charge is 0.465 e. The molecule has 0 spiro atoms. The molecule has 0 saturated heterocycles. The predicted octanol–water partition coefficient (Wildman–Crippen LogP) is 4.08. The number of nitrogens with zero attached hydrogens (tertiary/aromatic N) is 2. The summed E-state index contributed by atoms with van der Waals surface area (Å²) in [5.41, 5.74) is 7.88. The lowest BCUT2D eigenvalue weighted by Gasteiger charge is -2.33. The summed E-state index contributed by atoms with van der Waals surface area (Å²) in [4.78, 5) is 22.9. The van der Waals surface area contributed by atoms with Crippen LogP contribution in [0, 0.1) is 11.3 Å². The van der Waals surface area contributed by atoms with Gasteiger partial charge in [0.05, 0.1) is 17.7 Å². The third-order valence-electron chi connectivity index (χ3n) is 4.77. The number of ether oxygens (including phenoxy) is 1. The first-order valence-corrected chi connectivity index (χ1v) is 10.5. The number of carbonyl (C=O) groups is 1. The van der Waals surface area contributed by atoms with Crippen molar-refractivity contribution in [1.29, 1.82) is 0 Å². The number of esters is 1. The number of hydrogen-bond acceptors (Lipinski definition) is 7. The van der Waals surface area contributed by atoms with Gasteiger partial charge >= 0.3 is 5.97 Å². The number of aromatic nitrogens is 2. The Balaban J connectivity index is 1.86. The molecule has 136 valence electrons. The van der Waals surface area contributed by atoms with Crippen LogP contribution in [0.2, 0.25) is 0 Å². The van der Waals surface area contributed by atoms with Gasteiger partial charge in [0.1, 0.15) is 10.6 Å². The highest BCUT2D eigenvalue weighted by molar-refractivity contribution is 7.99. The van der Waals surface area contributed by atoms with Crippen LogP contribution in [0.25, 0.3) is 10.2 Å². The molecule has 0 aromatic carbocycles. The summed E-state index contributed by atoms with van der Waals surface area (Å²) in [6, 6.07) is 0. The molecule has 1 aliphatic carbocycles. The maximum atomic E-state index is 11.5. The van der Waals surface area contributed by atoms with Gasteiger partial charge in [-0.05, 0) is 43.1 Å². The number of nitrogens with two attached hydrogens (primary N) is 1. The van der Waals surface area contributed by atoms with Crippen LogP contribution < -0.4 is 5.73 Å². The van der Waals surface area contributed by atoms with Crippen molar-refractivity contribution in [2.24, 2.45) is 11.3 Å². The number of hydrogen-bond donors (Lipinski definition) is 1. The standard InChI is InChI=1S/C18H25N3O2S2/c1-5-23-13(22)9-24-17-20-15(19)14-11-7-6-10(18(2,3)4)8-12(11)25-16(14)21-17/h10H,5-9H2,1-4H3,(H2,19,20,21)/t10-/m0/s1. The summed E-state index contributed by atoms with van der Waals surface area (Å²) < 4.78 is 4.95. The van der Waals surface area contributed by atoms with Gasteiger partial charge < -0.3 is 10.5 Å². The first kappa shape index (κ1) is 18.5. The van der Waals surface area contributed by atoms with Crippen molar-refractivity contribution in [2.45, 2.75) is 52.1 Å². The van der Waals surface area contributed by atoms with Crippen LogP contribution in [-0.4, -0.2) is 28.3 Å². The average Bonchev–Trinajstić information content (AvgIpc) is 2.90. The molecule has 3 rings (SSSR count). The monoisotopic (exact) mass is 379 g/mol. The number of thioether (sulfide) groups is 1. The lowest BCUT2D eigenvalue weighted by atomic mass is 9.72. The molecular weight excluding hydrogens is 354 g/mol. The number of carbonyl (C=O) groups excluding carboxylic acids is 1. The quantitative estimate of drug-likeness (QED) is 0.490. The van der Waals surface area contributed by atoms with E-state index in [2.05, 4.69) is 30.7 Å². The summed E-state index contributed by atoms with van der Waals surface area (Å²) in [6.07, 6.45) is 3.31. The Hall–Kier alpha value is -1.34. The zero-order valence-corrected chi connectivity index (χ0v) is 16.9. The van der Waals surface area contributed by atoms with Gasteiger partial charge in [0.25, 0.3) is 0 Å². The fourth-order valence-corrected chi connectivity index (χ4v) is 5.33. The highest BCUT2D eigenvalue weighted by atomic mass is 32.2. The summed E-state index contributed by atoms with van der Waals surface area (Å²) >= 11 is 3.01. The second kappa shape index (κ2) is 7.11. The molecule has 0 amide bonds. The van der Waals surface area contributed by atoms with E-state index in [4.69, 9.17) is 10.5 Å². The Kier molecular flexibility index (Phi) is 5.25. The van der Waals surface area contributed by atoms with Gasteiger partial charge in [-0.1, -0.05) is 32.5 Å². The Morgan fingerprint density at radius 3 is 2.84 bits per heavy atom. The molecule has 25 heavy (non-hydrogen) atoms. The average molecular weight is 380 g/mol. The van der Waals surface area contributed by atoms with Gasteiger partial charge in [0.15, 0.2) is 5.16 Å². The van der Waals surface area contributed by atoms with E-state index in [-0.39, 0.29) is 11.7 Å². The third kappa shape index (κ3) is 3.92. The lowest BCUT2D eigenvalue weighted by Crippen LogP contribution is -2.26. The fraction of sp³-hybridized carbons (Fsp3) is 0.611. The third-order valence-corrected chi connectivity index (χ3v) is 6.73. The van der Waals surface area contributed by atoms with Gasteiger partial charge in [-0.15, -0.1) is 11.3 Å². The van der Waals surface area contributed by atoms with Crippen molar-refractivity contribution in [2.75, 3.05) is 18.1 Å². The van der Waals surface area contributed by atoms with Crippen LogP contribution in [0.4, 0.5) is 5.82 Å². The molecule has 0 radical (unpaired) electrons. The van der Waals surface area contributed by atoms with Crippen molar-refractivity contribution in [3.63, 3.8) is 0 Å². The van der Waals surface area contributed by atoms with Gasteiger partial charge in [-0.3, -0.25) is 4.79 Å². The molecule has 0 saturated carbocycles. The van der Waals surface area contributed by atoms with E-state index in [1.54, 1.807) is 18.3 Å².